The minimum atomic E-state index is -0.0925. The highest BCUT2D eigenvalue weighted by atomic mass is 16.5. The lowest BCUT2D eigenvalue weighted by Gasteiger charge is -2.33. The molecule has 2 rings (SSSR count). The van der Waals surface area contributed by atoms with Crippen LogP contribution in [0.1, 0.15) is 63.9 Å². The third-order valence-electron chi connectivity index (χ3n) is 5.93. The number of carbonyl (C=O) groups is 2. The second-order valence-electron chi connectivity index (χ2n) is 10.7. The van der Waals surface area contributed by atoms with E-state index in [2.05, 4.69) is 26.1 Å². The largest absolute Gasteiger partial charge is 0.497 e. The Hall–Kier alpha value is -3.02. The molecule has 0 radical (unpaired) electrons. The zero-order chi connectivity index (χ0) is 25.6. The van der Waals surface area contributed by atoms with Crippen molar-refractivity contribution in [2.24, 2.45) is 11.3 Å². The van der Waals surface area contributed by atoms with Gasteiger partial charge in [-0.3, -0.25) is 9.59 Å². The Kier molecular flexibility index (Phi) is 9.14. The highest BCUT2D eigenvalue weighted by Gasteiger charge is 2.25. The molecule has 2 aromatic carbocycles. The summed E-state index contributed by atoms with van der Waals surface area (Å²) in [6.45, 7) is 12.9. The lowest BCUT2D eigenvalue weighted by molar-refractivity contribution is -0.117. The van der Waals surface area contributed by atoms with Crippen molar-refractivity contribution in [2.75, 3.05) is 31.4 Å². The second kappa shape index (κ2) is 11.4. The van der Waals surface area contributed by atoms with Crippen molar-refractivity contribution in [1.82, 2.24) is 4.90 Å². The first-order valence-electron chi connectivity index (χ1n) is 11.9. The monoisotopic (exact) mass is 467 g/mol. The van der Waals surface area contributed by atoms with Crippen LogP contribution in [0.2, 0.25) is 0 Å². The first kappa shape index (κ1) is 27.2. The molecular formula is C28H41N3O3. The second-order valence-corrected chi connectivity index (χ2v) is 10.7. The van der Waals surface area contributed by atoms with Crippen LogP contribution >= 0.6 is 0 Å². The van der Waals surface area contributed by atoms with E-state index in [-0.39, 0.29) is 29.2 Å². The van der Waals surface area contributed by atoms with Crippen LogP contribution in [0.5, 0.6) is 5.75 Å². The lowest BCUT2D eigenvalue weighted by Crippen LogP contribution is -2.41. The number of nitrogens with one attached hydrogen (secondary N) is 1. The first-order valence-corrected chi connectivity index (χ1v) is 11.9. The van der Waals surface area contributed by atoms with Crippen LogP contribution < -0.4 is 15.0 Å². The van der Waals surface area contributed by atoms with E-state index in [0.717, 1.165) is 16.9 Å². The molecule has 2 amide bonds. The molecular weight excluding hydrogens is 426 g/mol. The van der Waals surface area contributed by atoms with Crippen LogP contribution in [-0.2, 0) is 11.3 Å². The predicted molar refractivity (Wildman–Crippen MR) is 141 cm³/mol. The molecule has 2 aromatic rings. The molecule has 0 saturated carbocycles. The Morgan fingerprint density at radius 3 is 2.12 bits per heavy atom. The molecule has 0 unspecified atom stereocenters. The van der Waals surface area contributed by atoms with E-state index in [1.807, 2.05) is 75.0 Å². The number of anilines is 2. The van der Waals surface area contributed by atoms with Gasteiger partial charge in [0.2, 0.25) is 5.91 Å². The van der Waals surface area contributed by atoms with E-state index in [1.165, 1.54) is 0 Å². The molecule has 34 heavy (non-hydrogen) atoms. The fourth-order valence-electron chi connectivity index (χ4n) is 3.76. The van der Waals surface area contributed by atoms with Gasteiger partial charge >= 0.3 is 0 Å². The van der Waals surface area contributed by atoms with Gasteiger partial charge in [-0.05, 0) is 66.3 Å². The Morgan fingerprint density at radius 1 is 1.00 bits per heavy atom. The number of ether oxygens (including phenoxy) is 1. The average Bonchev–Trinajstić information content (AvgIpc) is 2.75. The quantitative estimate of drug-likeness (QED) is 0.505. The maximum absolute atomic E-state index is 13.6. The molecule has 0 saturated heterocycles. The number of hydrogen-bond acceptors (Lipinski definition) is 4. The van der Waals surface area contributed by atoms with Gasteiger partial charge < -0.3 is 19.9 Å². The SMILES string of the molecule is COc1ccc(C(=O)N(Cc2cc(NC(=O)CC(C)(C)C)ccc2N(C)C)[C@H](C)C(C)C)cc1. The van der Waals surface area contributed by atoms with Gasteiger partial charge in [0.15, 0.2) is 0 Å². The standard InChI is InChI=1S/C28H41N3O3/c1-19(2)20(3)31(27(33)21-10-13-24(34-9)14-11-21)18-22-16-23(12-15-25(22)30(7)8)29-26(32)17-28(4,5)6/h10-16,19-20H,17-18H2,1-9H3,(H,29,32)/t20-/m1/s1. The highest BCUT2D eigenvalue weighted by Crippen LogP contribution is 2.28. The molecule has 1 N–H and O–H groups in total. The summed E-state index contributed by atoms with van der Waals surface area (Å²) >= 11 is 0. The number of methoxy groups -OCH3 is 1. The number of benzene rings is 2. The summed E-state index contributed by atoms with van der Waals surface area (Å²) in [4.78, 5) is 30.1. The Bertz CT molecular complexity index is 975. The molecule has 186 valence electrons. The van der Waals surface area contributed by atoms with Crippen molar-refractivity contribution in [3.63, 3.8) is 0 Å². The van der Waals surface area contributed by atoms with Crippen molar-refractivity contribution in [3.05, 3.63) is 53.6 Å². The fourth-order valence-corrected chi connectivity index (χ4v) is 3.76. The molecule has 0 heterocycles. The third-order valence-corrected chi connectivity index (χ3v) is 5.93. The van der Waals surface area contributed by atoms with Crippen LogP contribution in [-0.4, -0.2) is 44.0 Å². The smallest absolute Gasteiger partial charge is 0.254 e. The van der Waals surface area contributed by atoms with Crippen molar-refractivity contribution in [3.8, 4) is 5.75 Å². The molecule has 0 aliphatic rings. The minimum absolute atomic E-state index is 0.0160. The third kappa shape index (κ3) is 7.51. The summed E-state index contributed by atoms with van der Waals surface area (Å²) < 4.78 is 5.24. The molecule has 0 aliphatic carbocycles. The highest BCUT2D eigenvalue weighted by molar-refractivity contribution is 5.95. The van der Waals surface area contributed by atoms with Crippen LogP contribution in [0, 0.1) is 11.3 Å². The summed E-state index contributed by atoms with van der Waals surface area (Å²) in [5.41, 5.74) is 3.26. The summed E-state index contributed by atoms with van der Waals surface area (Å²) in [7, 11) is 5.58. The van der Waals surface area contributed by atoms with Crippen molar-refractivity contribution in [1.29, 1.82) is 0 Å². The van der Waals surface area contributed by atoms with E-state index < -0.39 is 0 Å². The normalized spacial score (nSPS) is 12.3. The molecule has 0 bridgehead atoms. The minimum Gasteiger partial charge on any atom is -0.497 e. The van der Waals surface area contributed by atoms with Gasteiger partial charge in [0.05, 0.1) is 7.11 Å². The number of amides is 2. The Morgan fingerprint density at radius 2 is 1.62 bits per heavy atom. The maximum Gasteiger partial charge on any atom is 0.254 e. The number of rotatable bonds is 9. The van der Waals surface area contributed by atoms with Gasteiger partial charge in [-0.1, -0.05) is 34.6 Å². The maximum atomic E-state index is 13.6. The summed E-state index contributed by atoms with van der Waals surface area (Å²) in [6.07, 6.45) is 0.435. The van der Waals surface area contributed by atoms with Crippen LogP contribution in [0.15, 0.2) is 42.5 Å². The zero-order valence-electron chi connectivity index (χ0n) is 22.2. The molecule has 0 aromatic heterocycles. The summed E-state index contributed by atoms with van der Waals surface area (Å²) in [5.74, 6) is 0.946. The topological polar surface area (TPSA) is 61.9 Å². The predicted octanol–water partition coefficient (Wildman–Crippen LogP) is 5.82. The van der Waals surface area contributed by atoms with E-state index in [4.69, 9.17) is 4.74 Å². The summed E-state index contributed by atoms with van der Waals surface area (Å²) in [6, 6.07) is 13.1. The number of nitrogens with zero attached hydrogens (tertiary/aromatic N) is 2. The van der Waals surface area contributed by atoms with E-state index >= 15 is 0 Å². The van der Waals surface area contributed by atoms with Gasteiger partial charge in [0.1, 0.15) is 5.75 Å². The molecule has 1 atom stereocenters. The van der Waals surface area contributed by atoms with Gasteiger partial charge in [-0.25, -0.2) is 0 Å². The summed E-state index contributed by atoms with van der Waals surface area (Å²) in [5, 5.41) is 3.03. The molecule has 6 nitrogen and oxygen atoms in total. The lowest BCUT2D eigenvalue weighted by atomic mass is 9.92. The Labute approximate surface area is 205 Å². The molecule has 0 spiro atoms. The Balaban J connectivity index is 2.41. The van der Waals surface area contributed by atoms with E-state index in [1.54, 1.807) is 19.2 Å². The number of carbonyl (C=O) groups excluding carboxylic acids is 2. The number of hydrogen-bond donors (Lipinski definition) is 1. The van der Waals surface area contributed by atoms with Crippen molar-refractivity contribution >= 4 is 23.2 Å². The molecule has 0 fully saturated rings. The van der Waals surface area contributed by atoms with E-state index in [9.17, 15) is 9.59 Å². The van der Waals surface area contributed by atoms with Gasteiger partial charge in [0.25, 0.3) is 5.91 Å². The fraction of sp³-hybridized carbons (Fsp3) is 0.500. The molecule has 0 aliphatic heterocycles. The van der Waals surface area contributed by atoms with Crippen LogP contribution in [0.3, 0.4) is 0 Å². The van der Waals surface area contributed by atoms with E-state index in [0.29, 0.717) is 24.3 Å². The van der Waals surface area contributed by atoms with Crippen LogP contribution in [0.4, 0.5) is 11.4 Å². The van der Waals surface area contributed by atoms with Gasteiger partial charge in [-0.2, -0.15) is 0 Å². The zero-order valence-corrected chi connectivity index (χ0v) is 22.2. The molecule has 6 heteroatoms. The van der Waals surface area contributed by atoms with Gasteiger partial charge in [-0.15, -0.1) is 0 Å². The van der Waals surface area contributed by atoms with Gasteiger partial charge in [0, 0.05) is 50.0 Å². The van der Waals surface area contributed by atoms with Crippen molar-refractivity contribution in [2.45, 2.75) is 60.5 Å². The van der Waals surface area contributed by atoms with Crippen LogP contribution in [0.25, 0.3) is 0 Å². The average molecular weight is 468 g/mol. The first-order chi connectivity index (χ1) is 15.8. The van der Waals surface area contributed by atoms with Crippen molar-refractivity contribution < 1.29 is 14.3 Å².